The number of ether oxygens (including phenoxy) is 2. The Kier molecular flexibility index (Phi) is 4.89. The third-order valence-corrected chi connectivity index (χ3v) is 5.86. The molecule has 0 aliphatic carbocycles. The highest BCUT2D eigenvalue weighted by Crippen LogP contribution is 2.49. The Bertz CT molecular complexity index is 966. The first-order valence-corrected chi connectivity index (χ1v) is 10.1. The van der Waals surface area contributed by atoms with Crippen LogP contribution in [0, 0.1) is 5.92 Å². The minimum atomic E-state index is -1.06. The standard InChI is InChI=1S/C21H19BrN2O3S/c1-3-11-26-19(25)17-18-15-9-4-5-10-16(15)27-21(17,2)24(20(28)23-18)14-8-6-7-13(22)12-14/h3-10,12,17-18H,1,11H2,2H3,(H,23,28)/t17-,18+,21+/m1/s1. The van der Waals surface area contributed by atoms with Gasteiger partial charge < -0.3 is 14.8 Å². The van der Waals surface area contributed by atoms with Crippen LogP contribution >= 0.6 is 28.1 Å². The van der Waals surface area contributed by atoms with E-state index in [-0.39, 0.29) is 18.6 Å². The fourth-order valence-corrected chi connectivity index (χ4v) is 4.73. The number of anilines is 1. The first kappa shape index (κ1) is 19.0. The number of hydrogen-bond acceptors (Lipinski definition) is 4. The average molecular weight is 459 g/mol. The zero-order valence-electron chi connectivity index (χ0n) is 15.2. The molecule has 2 aromatic rings. The number of nitrogens with one attached hydrogen (secondary N) is 1. The number of esters is 1. The van der Waals surface area contributed by atoms with Gasteiger partial charge in [0.05, 0.1) is 6.04 Å². The van der Waals surface area contributed by atoms with Gasteiger partial charge in [-0.2, -0.15) is 0 Å². The molecule has 1 N–H and O–H groups in total. The molecule has 3 atom stereocenters. The summed E-state index contributed by atoms with van der Waals surface area (Å²) in [5.41, 5.74) is 0.644. The Morgan fingerprint density at radius 1 is 1.39 bits per heavy atom. The zero-order chi connectivity index (χ0) is 19.9. The predicted octanol–water partition coefficient (Wildman–Crippen LogP) is 4.34. The highest BCUT2D eigenvalue weighted by molar-refractivity contribution is 9.10. The Morgan fingerprint density at radius 2 is 2.18 bits per heavy atom. The Morgan fingerprint density at radius 3 is 2.93 bits per heavy atom. The fraction of sp³-hybridized carbons (Fsp3) is 0.238. The van der Waals surface area contributed by atoms with Gasteiger partial charge in [0.15, 0.2) is 5.11 Å². The van der Waals surface area contributed by atoms with Crippen molar-refractivity contribution in [3.05, 3.63) is 71.2 Å². The van der Waals surface area contributed by atoms with Crippen LogP contribution < -0.4 is 15.0 Å². The van der Waals surface area contributed by atoms with E-state index in [0.717, 1.165) is 21.5 Å². The lowest BCUT2D eigenvalue weighted by atomic mass is 9.79. The van der Waals surface area contributed by atoms with Gasteiger partial charge in [0.1, 0.15) is 18.3 Å². The number of thiocarbonyl (C=S) groups is 1. The summed E-state index contributed by atoms with van der Waals surface area (Å²) < 4.78 is 12.8. The maximum atomic E-state index is 13.1. The molecule has 2 bridgehead atoms. The van der Waals surface area contributed by atoms with Crippen LogP contribution in [0.15, 0.2) is 65.7 Å². The van der Waals surface area contributed by atoms with Gasteiger partial charge in [-0.05, 0) is 43.4 Å². The second kappa shape index (κ2) is 7.22. The molecule has 0 amide bonds. The molecule has 7 heteroatoms. The normalized spacial score (nSPS) is 25.2. The van der Waals surface area contributed by atoms with E-state index >= 15 is 0 Å². The van der Waals surface area contributed by atoms with E-state index in [4.69, 9.17) is 21.7 Å². The lowest BCUT2D eigenvalue weighted by molar-refractivity contribution is -0.159. The Labute approximate surface area is 177 Å². The van der Waals surface area contributed by atoms with Crippen LogP contribution in [0.4, 0.5) is 5.69 Å². The summed E-state index contributed by atoms with van der Waals surface area (Å²) in [6.45, 7) is 5.65. The van der Waals surface area contributed by atoms with Gasteiger partial charge in [-0.3, -0.25) is 9.69 Å². The maximum absolute atomic E-state index is 13.1. The number of carbonyl (C=O) groups is 1. The summed E-state index contributed by atoms with van der Waals surface area (Å²) in [7, 11) is 0. The molecule has 2 heterocycles. The molecule has 28 heavy (non-hydrogen) atoms. The lowest BCUT2D eigenvalue weighted by Gasteiger charge is -2.55. The third kappa shape index (κ3) is 2.99. The van der Waals surface area contributed by atoms with Crippen molar-refractivity contribution in [2.45, 2.75) is 18.7 Å². The first-order chi connectivity index (χ1) is 13.5. The number of para-hydroxylation sites is 1. The molecule has 2 aliphatic heterocycles. The topological polar surface area (TPSA) is 50.8 Å². The zero-order valence-corrected chi connectivity index (χ0v) is 17.6. The van der Waals surface area contributed by atoms with Crippen molar-refractivity contribution < 1.29 is 14.3 Å². The van der Waals surface area contributed by atoms with Gasteiger partial charge in [0.25, 0.3) is 0 Å². The Hall–Kier alpha value is -2.38. The highest BCUT2D eigenvalue weighted by Gasteiger charge is 2.59. The van der Waals surface area contributed by atoms with Crippen molar-refractivity contribution in [1.82, 2.24) is 5.32 Å². The molecule has 0 aromatic heterocycles. The smallest absolute Gasteiger partial charge is 0.317 e. The molecule has 1 saturated heterocycles. The van der Waals surface area contributed by atoms with Crippen molar-refractivity contribution in [1.29, 1.82) is 0 Å². The van der Waals surface area contributed by atoms with Crippen LogP contribution in [0.1, 0.15) is 18.5 Å². The van der Waals surface area contributed by atoms with Gasteiger partial charge in [-0.15, -0.1) is 0 Å². The molecular weight excluding hydrogens is 440 g/mol. The minimum absolute atomic E-state index is 0.140. The van der Waals surface area contributed by atoms with Crippen LogP contribution in [0.25, 0.3) is 0 Å². The number of halogens is 1. The molecule has 4 rings (SSSR count). The van der Waals surface area contributed by atoms with Crippen LogP contribution in [0.3, 0.4) is 0 Å². The largest absolute Gasteiger partial charge is 0.466 e. The average Bonchev–Trinajstić information content (AvgIpc) is 2.65. The summed E-state index contributed by atoms with van der Waals surface area (Å²) in [4.78, 5) is 14.9. The van der Waals surface area contributed by atoms with Crippen LogP contribution in [-0.4, -0.2) is 23.4 Å². The van der Waals surface area contributed by atoms with E-state index in [2.05, 4.69) is 27.8 Å². The number of carbonyl (C=O) groups excluding carboxylic acids is 1. The molecule has 0 spiro atoms. The van der Waals surface area contributed by atoms with Gasteiger partial charge >= 0.3 is 5.97 Å². The molecule has 144 valence electrons. The molecule has 0 saturated carbocycles. The summed E-state index contributed by atoms with van der Waals surface area (Å²) in [6, 6.07) is 15.1. The van der Waals surface area contributed by atoms with E-state index in [1.54, 1.807) is 6.08 Å². The molecule has 5 nitrogen and oxygen atoms in total. The lowest BCUT2D eigenvalue weighted by Crippen LogP contribution is -2.71. The number of nitrogens with zero attached hydrogens (tertiary/aromatic N) is 1. The molecule has 2 aromatic carbocycles. The third-order valence-electron chi connectivity index (χ3n) is 5.07. The quantitative estimate of drug-likeness (QED) is 0.417. The number of rotatable bonds is 4. The summed E-state index contributed by atoms with van der Waals surface area (Å²) in [5, 5.41) is 3.83. The maximum Gasteiger partial charge on any atom is 0.317 e. The molecular formula is C21H19BrN2O3S. The van der Waals surface area contributed by atoms with E-state index in [0.29, 0.717) is 5.11 Å². The molecule has 0 radical (unpaired) electrons. The number of hydrogen-bond donors (Lipinski definition) is 1. The molecule has 0 unspecified atom stereocenters. The SMILES string of the molecule is C=CCOC(=O)[C@H]1[C@H]2NC(=S)N(c3cccc(Br)c3)[C@@]1(C)Oc1ccccc12. The van der Waals surface area contributed by atoms with E-state index in [9.17, 15) is 4.79 Å². The summed E-state index contributed by atoms with van der Waals surface area (Å²) >= 11 is 9.19. The fourth-order valence-electron chi connectivity index (χ4n) is 3.92. The number of benzene rings is 2. The van der Waals surface area contributed by atoms with E-state index < -0.39 is 11.6 Å². The molecule has 1 fully saturated rings. The van der Waals surface area contributed by atoms with E-state index in [1.165, 1.54) is 0 Å². The van der Waals surface area contributed by atoms with Crippen LogP contribution in [-0.2, 0) is 9.53 Å². The Balaban J connectivity index is 1.87. The summed E-state index contributed by atoms with van der Waals surface area (Å²) in [5.74, 6) is -0.275. The monoisotopic (exact) mass is 458 g/mol. The van der Waals surface area contributed by atoms with Crippen LogP contribution in [0.5, 0.6) is 5.75 Å². The van der Waals surface area contributed by atoms with Gasteiger partial charge in [-0.1, -0.05) is 52.9 Å². The number of fused-ring (bicyclic) bond motifs is 4. The van der Waals surface area contributed by atoms with Gasteiger partial charge in [0, 0.05) is 15.7 Å². The van der Waals surface area contributed by atoms with Crippen molar-refractivity contribution in [3.8, 4) is 5.75 Å². The van der Waals surface area contributed by atoms with Gasteiger partial charge in [0.2, 0.25) is 5.72 Å². The molecule has 2 aliphatic rings. The van der Waals surface area contributed by atoms with Crippen molar-refractivity contribution in [2.75, 3.05) is 11.5 Å². The first-order valence-electron chi connectivity index (χ1n) is 8.87. The summed E-state index contributed by atoms with van der Waals surface area (Å²) in [6.07, 6.45) is 1.55. The predicted molar refractivity (Wildman–Crippen MR) is 115 cm³/mol. The second-order valence-corrected chi connectivity index (χ2v) is 8.14. The highest BCUT2D eigenvalue weighted by atomic mass is 79.9. The second-order valence-electron chi connectivity index (χ2n) is 6.83. The van der Waals surface area contributed by atoms with Gasteiger partial charge in [-0.25, -0.2) is 0 Å². The van der Waals surface area contributed by atoms with E-state index in [1.807, 2.05) is 60.4 Å². The van der Waals surface area contributed by atoms with Crippen molar-refractivity contribution >= 4 is 44.9 Å². The van der Waals surface area contributed by atoms with Crippen molar-refractivity contribution in [3.63, 3.8) is 0 Å². The van der Waals surface area contributed by atoms with Crippen molar-refractivity contribution in [2.24, 2.45) is 5.92 Å². The minimum Gasteiger partial charge on any atom is -0.466 e. The van der Waals surface area contributed by atoms with Crippen LogP contribution in [0.2, 0.25) is 0 Å².